The molecule has 0 radical (unpaired) electrons. The van der Waals surface area contributed by atoms with Gasteiger partial charge in [-0.3, -0.25) is 4.90 Å². The van der Waals surface area contributed by atoms with Gasteiger partial charge >= 0.3 is 0 Å². The first-order valence-electron chi connectivity index (χ1n) is 6.38. The van der Waals surface area contributed by atoms with E-state index in [0.717, 1.165) is 25.8 Å². The van der Waals surface area contributed by atoms with Gasteiger partial charge in [0.1, 0.15) is 0 Å². The molecule has 0 aromatic rings. The number of hydrogen-bond acceptors (Lipinski definition) is 3. The summed E-state index contributed by atoms with van der Waals surface area (Å²) in [6.45, 7) is 8.63. The Bertz CT molecular complexity index is 188. The van der Waals surface area contributed by atoms with Gasteiger partial charge in [-0.25, -0.2) is 0 Å². The van der Waals surface area contributed by atoms with Crippen LogP contribution in [0.5, 0.6) is 0 Å². The van der Waals surface area contributed by atoms with Gasteiger partial charge in [-0.15, -0.1) is 0 Å². The van der Waals surface area contributed by atoms with E-state index in [9.17, 15) is 0 Å². The summed E-state index contributed by atoms with van der Waals surface area (Å²) >= 11 is 0. The molecule has 2 unspecified atom stereocenters. The first-order valence-corrected chi connectivity index (χ1v) is 6.38. The van der Waals surface area contributed by atoms with Crippen molar-refractivity contribution in [2.75, 3.05) is 26.3 Å². The van der Waals surface area contributed by atoms with Gasteiger partial charge in [0.15, 0.2) is 0 Å². The van der Waals surface area contributed by atoms with E-state index < -0.39 is 0 Å². The van der Waals surface area contributed by atoms with E-state index in [1.807, 2.05) is 0 Å². The maximum absolute atomic E-state index is 5.49. The molecule has 2 aliphatic rings. The molecule has 0 aromatic heterocycles. The number of rotatable bonds is 5. The van der Waals surface area contributed by atoms with Crippen LogP contribution in [0.2, 0.25) is 0 Å². The van der Waals surface area contributed by atoms with Gasteiger partial charge in [-0.05, 0) is 32.7 Å². The van der Waals surface area contributed by atoms with Gasteiger partial charge in [0.05, 0.1) is 13.2 Å². The summed E-state index contributed by atoms with van der Waals surface area (Å²) in [4.78, 5) is 2.65. The Labute approximate surface area is 93.2 Å². The minimum Gasteiger partial charge on any atom is -0.379 e. The van der Waals surface area contributed by atoms with Gasteiger partial charge < -0.3 is 10.1 Å². The molecule has 1 aliphatic carbocycles. The van der Waals surface area contributed by atoms with Crippen LogP contribution in [-0.4, -0.2) is 49.3 Å². The smallest absolute Gasteiger partial charge is 0.0620 e. The third-order valence-electron chi connectivity index (χ3n) is 3.57. The van der Waals surface area contributed by atoms with E-state index in [-0.39, 0.29) is 0 Å². The minimum absolute atomic E-state index is 0.571. The highest BCUT2D eigenvalue weighted by Gasteiger charge is 2.31. The number of hydrogen-bond donors (Lipinski definition) is 1. The topological polar surface area (TPSA) is 24.5 Å². The SMILES string of the molecule is CCN(C(C)CC1COCCN1)C1CC1. The van der Waals surface area contributed by atoms with E-state index in [0.29, 0.717) is 12.1 Å². The molecule has 2 rings (SSSR count). The molecule has 1 heterocycles. The second-order valence-electron chi connectivity index (χ2n) is 4.87. The third-order valence-corrected chi connectivity index (χ3v) is 3.57. The molecule has 2 atom stereocenters. The van der Waals surface area contributed by atoms with Gasteiger partial charge in [0.2, 0.25) is 0 Å². The largest absolute Gasteiger partial charge is 0.379 e. The molecule has 0 bridgehead atoms. The van der Waals surface area contributed by atoms with E-state index in [1.54, 1.807) is 0 Å². The molecular formula is C12H24N2O. The Kier molecular flexibility index (Phi) is 4.00. The van der Waals surface area contributed by atoms with Crippen LogP contribution in [0.3, 0.4) is 0 Å². The van der Waals surface area contributed by atoms with Crippen LogP contribution in [0.15, 0.2) is 0 Å². The highest BCUT2D eigenvalue weighted by atomic mass is 16.5. The zero-order chi connectivity index (χ0) is 10.7. The second-order valence-corrected chi connectivity index (χ2v) is 4.87. The van der Waals surface area contributed by atoms with Crippen molar-refractivity contribution in [3.05, 3.63) is 0 Å². The number of nitrogens with zero attached hydrogens (tertiary/aromatic N) is 1. The molecule has 0 aromatic carbocycles. The fourth-order valence-electron chi connectivity index (χ4n) is 2.65. The van der Waals surface area contributed by atoms with Crippen LogP contribution < -0.4 is 5.32 Å². The summed E-state index contributed by atoms with van der Waals surface area (Å²) in [5.74, 6) is 0. The van der Waals surface area contributed by atoms with Gasteiger partial charge in [-0.1, -0.05) is 6.92 Å². The predicted octanol–water partition coefficient (Wildman–Crippen LogP) is 1.24. The summed E-state index contributed by atoms with van der Waals surface area (Å²) in [6, 6.07) is 2.15. The lowest BCUT2D eigenvalue weighted by molar-refractivity contribution is 0.0615. The summed E-state index contributed by atoms with van der Waals surface area (Å²) in [5.41, 5.74) is 0. The van der Waals surface area contributed by atoms with Gasteiger partial charge in [0.25, 0.3) is 0 Å². The Balaban J connectivity index is 1.75. The van der Waals surface area contributed by atoms with Crippen LogP contribution in [0, 0.1) is 0 Å². The van der Waals surface area contributed by atoms with E-state index >= 15 is 0 Å². The molecule has 1 aliphatic heterocycles. The molecule has 88 valence electrons. The molecule has 3 nitrogen and oxygen atoms in total. The lowest BCUT2D eigenvalue weighted by Gasteiger charge is -2.32. The molecule has 0 amide bonds. The zero-order valence-electron chi connectivity index (χ0n) is 10.0. The van der Waals surface area contributed by atoms with Crippen LogP contribution in [0.25, 0.3) is 0 Å². The monoisotopic (exact) mass is 212 g/mol. The Morgan fingerprint density at radius 2 is 2.27 bits per heavy atom. The van der Waals surface area contributed by atoms with Crippen LogP contribution in [-0.2, 0) is 4.74 Å². The third kappa shape index (κ3) is 3.16. The van der Waals surface area contributed by atoms with Crippen molar-refractivity contribution in [3.8, 4) is 0 Å². The van der Waals surface area contributed by atoms with Crippen molar-refractivity contribution in [1.82, 2.24) is 10.2 Å². The molecular weight excluding hydrogens is 188 g/mol. The summed E-state index contributed by atoms with van der Waals surface area (Å²) in [6.07, 6.45) is 4.05. The first kappa shape index (κ1) is 11.4. The van der Waals surface area contributed by atoms with Crippen molar-refractivity contribution in [2.45, 2.75) is 51.2 Å². The highest BCUT2D eigenvalue weighted by Crippen LogP contribution is 2.29. The molecule has 1 saturated carbocycles. The fourth-order valence-corrected chi connectivity index (χ4v) is 2.65. The van der Waals surface area contributed by atoms with Crippen molar-refractivity contribution in [3.63, 3.8) is 0 Å². The summed E-state index contributed by atoms with van der Waals surface area (Å²) in [7, 11) is 0. The van der Waals surface area contributed by atoms with Crippen molar-refractivity contribution in [2.24, 2.45) is 0 Å². The zero-order valence-corrected chi connectivity index (χ0v) is 10.0. The van der Waals surface area contributed by atoms with E-state index in [2.05, 4.69) is 24.1 Å². The molecule has 2 fully saturated rings. The number of morpholine rings is 1. The minimum atomic E-state index is 0.571. The Hall–Kier alpha value is -0.120. The van der Waals surface area contributed by atoms with Crippen LogP contribution in [0.1, 0.15) is 33.1 Å². The molecule has 1 saturated heterocycles. The standard InChI is InChI=1S/C12H24N2O/c1-3-14(12-4-5-12)10(2)8-11-9-15-7-6-13-11/h10-13H,3-9H2,1-2H3. The average Bonchev–Trinajstić information content (AvgIpc) is 3.04. The Morgan fingerprint density at radius 1 is 1.47 bits per heavy atom. The molecule has 1 N–H and O–H groups in total. The lowest BCUT2D eigenvalue weighted by atomic mass is 10.1. The highest BCUT2D eigenvalue weighted by molar-refractivity contribution is 4.88. The van der Waals surface area contributed by atoms with E-state index in [4.69, 9.17) is 4.74 Å². The number of nitrogens with one attached hydrogen (secondary N) is 1. The normalized spacial score (nSPS) is 29.4. The summed E-state index contributed by atoms with van der Waals surface area (Å²) in [5, 5.41) is 3.54. The maximum Gasteiger partial charge on any atom is 0.0620 e. The Morgan fingerprint density at radius 3 is 2.80 bits per heavy atom. The van der Waals surface area contributed by atoms with Gasteiger partial charge in [-0.2, -0.15) is 0 Å². The van der Waals surface area contributed by atoms with Crippen LogP contribution in [0.4, 0.5) is 0 Å². The second kappa shape index (κ2) is 5.28. The quantitative estimate of drug-likeness (QED) is 0.742. The van der Waals surface area contributed by atoms with Gasteiger partial charge in [0, 0.05) is 24.7 Å². The van der Waals surface area contributed by atoms with Crippen LogP contribution >= 0.6 is 0 Å². The van der Waals surface area contributed by atoms with E-state index in [1.165, 1.54) is 25.8 Å². The summed E-state index contributed by atoms with van der Waals surface area (Å²) < 4.78 is 5.49. The maximum atomic E-state index is 5.49. The van der Waals surface area contributed by atoms with Crippen molar-refractivity contribution in [1.29, 1.82) is 0 Å². The van der Waals surface area contributed by atoms with Crippen molar-refractivity contribution < 1.29 is 4.74 Å². The first-order chi connectivity index (χ1) is 7.31. The molecule has 0 spiro atoms. The lowest BCUT2D eigenvalue weighted by Crippen LogP contribution is -2.46. The fraction of sp³-hybridized carbons (Fsp3) is 1.00. The number of ether oxygens (including phenoxy) is 1. The molecule has 15 heavy (non-hydrogen) atoms. The van der Waals surface area contributed by atoms with Crippen molar-refractivity contribution >= 4 is 0 Å². The average molecular weight is 212 g/mol. The predicted molar refractivity (Wildman–Crippen MR) is 62.1 cm³/mol. The molecule has 3 heteroatoms.